The number of nitrogens with zero attached hydrogens (tertiary/aromatic N) is 5. The van der Waals surface area contributed by atoms with Crippen molar-refractivity contribution in [3.05, 3.63) is 30.5 Å². The summed E-state index contributed by atoms with van der Waals surface area (Å²) in [7, 11) is 4.97. The molecule has 2 aromatic rings. The second-order valence-electron chi connectivity index (χ2n) is 17.0. The molecule has 0 radical (unpaired) electrons. The number of alkyl halides is 1. The van der Waals surface area contributed by atoms with E-state index < -0.39 is 89.2 Å². The van der Waals surface area contributed by atoms with Gasteiger partial charge in [0.15, 0.2) is 17.7 Å². The third kappa shape index (κ3) is 10.4. The van der Waals surface area contributed by atoms with Gasteiger partial charge in [-0.05, 0) is 73.2 Å². The number of aliphatic hydroxyl groups excluding tert-OH is 1. The Bertz CT molecular complexity index is 1930. The van der Waals surface area contributed by atoms with Gasteiger partial charge in [0.05, 0.1) is 30.5 Å². The van der Waals surface area contributed by atoms with Crippen molar-refractivity contribution in [1.82, 2.24) is 24.8 Å². The highest BCUT2D eigenvalue weighted by molar-refractivity contribution is 6.08. The molecule has 2 aliphatic heterocycles. The van der Waals surface area contributed by atoms with Gasteiger partial charge in [0.1, 0.15) is 30.2 Å². The lowest BCUT2D eigenvalue weighted by Gasteiger charge is -2.45. The van der Waals surface area contributed by atoms with Crippen molar-refractivity contribution in [2.45, 2.75) is 142 Å². The summed E-state index contributed by atoms with van der Waals surface area (Å²) in [6.45, 7) is 14.1. The van der Waals surface area contributed by atoms with E-state index in [1.807, 2.05) is 24.0 Å². The number of nitrogen functional groups attached to an aromatic ring is 1. The molecule has 0 saturated carbocycles. The van der Waals surface area contributed by atoms with E-state index in [1.165, 1.54) is 30.5 Å². The number of cyclic esters (lactones) is 1. The van der Waals surface area contributed by atoms with E-state index in [4.69, 9.17) is 29.4 Å². The monoisotopic (exact) mass is 856 g/mol. The number of ether oxygens (including phenoxy) is 5. The normalized spacial score (nSPS) is 31.7. The zero-order valence-electron chi connectivity index (χ0n) is 37.6. The minimum absolute atomic E-state index is 0.0371. The van der Waals surface area contributed by atoms with Crippen molar-refractivity contribution in [2.24, 2.45) is 17.8 Å². The van der Waals surface area contributed by atoms with Crippen LogP contribution in [0, 0.1) is 29.6 Å². The van der Waals surface area contributed by atoms with E-state index in [0.29, 0.717) is 17.8 Å². The number of ketones is 2. The molecule has 338 valence electrons. The topological polar surface area (TPSA) is 198 Å². The highest BCUT2D eigenvalue weighted by atomic mass is 19.1. The number of anilines is 1. The first-order valence-corrected chi connectivity index (χ1v) is 21.0. The average Bonchev–Trinajstić information content (AvgIpc) is 3.79. The first-order valence-electron chi connectivity index (χ1n) is 21.0. The SMILES string of the molecule is CCO[C@@H](O[C@@H]1[C@@H](C)C(=O)[C@](C)(F)C(=O)O[C@H](CC)[C@@]2(C)OC(=O)N(CC#CCn3cc(-c4cccc(N)c4)nn3)[C@@H]2[C@@H](C)C(=O)[C@H](C)C[C@@]1(C)OC)C(O)C(CC)N(C)C. The summed E-state index contributed by atoms with van der Waals surface area (Å²) < 4.78 is 48.8. The molecular weight excluding hydrogens is 792 g/mol. The van der Waals surface area contributed by atoms with Gasteiger partial charge in [-0.2, -0.15) is 0 Å². The number of hydrogen-bond acceptors (Lipinski definition) is 14. The molecule has 4 rings (SSSR count). The number of esters is 1. The van der Waals surface area contributed by atoms with Crippen LogP contribution < -0.4 is 5.73 Å². The Labute approximate surface area is 358 Å². The average molecular weight is 857 g/mol. The highest BCUT2D eigenvalue weighted by Gasteiger charge is 2.61. The summed E-state index contributed by atoms with van der Waals surface area (Å²) in [5.41, 5.74) is 1.49. The van der Waals surface area contributed by atoms with E-state index in [2.05, 4.69) is 22.2 Å². The Morgan fingerprint density at radius 1 is 1.07 bits per heavy atom. The molecule has 1 aromatic heterocycles. The molecule has 2 unspecified atom stereocenters. The lowest BCUT2D eigenvalue weighted by atomic mass is 9.73. The molecule has 2 aliphatic rings. The Morgan fingerprint density at radius 3 is 2.33 bits per heavy atom. The minimum Gasteiger partial charge on any atom is -0.455 e. The van der Waals surface area contributed by atoms with Crippen molar-refractivity contribution in [1.29, 1.82) is 0 Å². The van der Waals surface area contributed by atoms with E-state index in [9.17, 15) is 24.3 Å². The zero-order chi connectivity index (χ0) is 45.6. The van der Waals surface area contributed by atoms with Gasteiger partial charge in [0.25, 0.3) is 5.67 Å². The van der Waals surface area contributed by atoms with E-state index in [-0.39, 0.29) is 38.3 Å². The van der Waals surface area contributed by atoms with Gasteiger partial charge in [-0.1, -0.05) is 63.8 Å². The number of halogens is 1. The fourth-order valence-corrected chi connectivity index (χ4v) is 8.95. The third-order valence-corrected chi connectivity index (χ3v) is 12.3. The quantitative estimate of drug-likeness (QED) is 0.0941. The van der Waals surface area contributed by atoms with Gasteiger partial charge in [-0.15, -0.1) is 5.10 Å². The number of rotatable bonds is 13. The van der Waals surface area contributed by atoms with Crippen LogP contribution in [0.2, 0.25) is 0 Å². The number of hydrogen-bond donors (Lipinski definition) is 2. The fourth-order valence-electron chi connectivity index (χ4n) is 8.95. The number of aromatic nitrogens is 3. The summed E-state index contributed by atoms with van der Waals surface area (Å²) in [5.74, 6) is -0.131. The molecule has 12 atom stereocenters. The Balaban J connectivity index is 1.75. The van der Waals surface area contributed by atoms with Gasteiger partial charge in [0, 0.05) is 48.8 Å². The number of Topliss-reactive ketones (excluding diaryl/α,β-unsaturated/α-hetero) is 2. The number of nitrogens with two attached hydrogens (primary N) is 1. The van der Waals surface area contributed by atoms with Crippen LogP contribution in [-0.2, 0) is 44.6 Å². The zero-order valence-corrected chi connectivity index (χ0v) is 37.6. The number of aliphatic hydroxyl groups is 1. The highest BCUT2D eigenvalue weighted by Crippen LogP contribution is 2.43. The molecule has 1 amide bonds. The van der Waals surface area contributed by atoms with E-state index >= 15 is 4.39 Å². The van der Waals surface area contributed by atoms with Crippen molar-refractivity contribution in [3.63, 3.8) is 0 Å². The number of carbonyl (C=O) groups excluding carboxylic acids is 4. The number of carbonyl (C=O) groups is 4. The van der Waals surface area contributed by atoms with Crippen molar-refractivity contribution in [3.8, 4) is 23.1 Å². The van der Waals surface area contributed by atoms with Crippen LogP contribution >= 0.6 is 0 Å². The lowest BCUT2D eigenvalue weighted by Crippen LogP contribution is -2.61. The van der Waals surface area contributed by atoms with Crippen LogP contribution in [-0.4, -0.2) is 141 Å². The molecule has 0 bridgehead atoms. The Kier molecular flexibility index (Phi) is 16.2. The van der Waals surface area contributed by atoms with Crippen LogP contribution in [0.25, 0.3) is 11.3 Å². The molecule has 3 N–H and O–H groups in total. The second kappa shape index (κ2) is 20.1. The number of benzene rings is 1. The molecule has 2 fully saturated rings. The molecule has 2 saturated heterocycles. The van der Waals surface area contributed by atoms with Crippen LogP contribution in [0.1, 0.15) is 81.6 Å². The van der Waals surface area contributed by atoms with E-state index in [1.54, 1.807) is 67.0 Å². The fraction of sp³-hybridized carbons (Fsp3) is 0.682. The minimum atomic E-state index is -3.22. The molecule has 61 heavy (non-hydrogen) atoms. The smallest absolute Gasteiger partial charge is 0.411 e. The largest absolute Gasteiger partial charge is 0.455 e. The third-order valence-electron chi connectivity index (χ3n) is 12.3. The lowest BCUT2D eigenvalue weighted by molar-refractivity contribution is -0.266. The van der Waals surface area contributed by atoms with Crippen molar-refractivity contribution >= 4 is 29.3 Å². The first kappa shape index (κ1) is 49.2. The number of methoxy groups -OCH3 is 1. The summed E-state index contributed by atoms with van der Waals surface area (Å²) in [4.78, 5) is 59.9. The summed E-state index contributed by atoms with van der Waals surface area (Å²) >= 11 is 0. The van der Waals surface area contributed by atoms with Crippen LogP contribution in [0.5, 0.6) is 0 Å². The maximum atomic E-state index is 16.9. The molecule has 0 spiro atoms. The Morgan fingerprint density at radius 2 is 1.74 bits per heavy atom. The van der Waals surface area contributed by atoms with Gasteiger partial charge in [-0.3, -0.25) is 14.5 Å². The van der Waals surface area contributed by atoms with Gasteiger partial charge >= 0.3 is 12.1 Å². The van der Waals surface area contributed by atoms with Crippen molar-refractivity contribution in [2.75, 3.05) is 40.1 Å². The molecule has 16 nitrogen and oxygen atoms in total. The summed E-state index contributed by atoms with van der Waals surface area (Å²) in [6, 6.07) is 5.72. The summed E-state index contributed by atoms with van der Waals surface area (Å²) in [5, 5.41) is 19.9. The van der Waals surface area contributed by atoms with E-state index in [0.717, 1.165) is 12.5 Å². The first-order chi connectivity index (χ1) is 28.6. The molecule has 17 heteroatoms. The van der Waals surface area contributed by atoms with Gasteiger partial charge in [-0.25, -0.2) is 18.7 Å². The predicted octanol–water partition coefficient (Wildman–Crippen LogP) is 4.46. The Hall–Kier alpha value is -4.47. The molecule has 3 heterocycles. The molecule has 0 aliphatic carbocycles. The van der Waals surface area contributed by atoms with Gasteiger partial charge < -0.3 is 39.4 Å². The van der Waals surface area contributed by atoms with Crippen molar-refractivity contribution < 1.29 is 52.4 Å². The van der Waals surface area contributed by atoms with Gasteiger partial charge in [0.2, 0.25) is 0 Å². The van der Waals surface area contributed by atoms with Crippen LogP contribution in [0.3, 0.4) is 0 Å². The molecular formula is C44H65FN6O10. The van der Waals surface area contributed by atoms with Crippen LogP contribution in [0.15, 0.2) is 30.5 Å². The maximum absolute atomic E-state index is 16.9. The second-order valence-corrected chi connectivity index (χ2v) is 17.0. The number of amides is 1. The molecule has 1 aromatic carbocycles. The summed E-state index contributed by atoms with van der Waals surface area (Å²) in [6.07, 6.45) is -3.78. The standard InChI is InChI=1S/C44H65FN6O10/c1-13-32(49(10)11)35(53)39(58-15-3)60-38-28(6)37(54)43(8,45)40(55)59-33(14-2)44(9)36(27(5)34(52)26(4)24-42(38,7)57-12)51(41(56)61-44)22-17-16-21-50-25-31(47-48-50)29-19-18-20-30(46)23-29/h18-20,23,25-28,32-33,35-36,38-39,53H,13-15,21-22,24,46H2,1-12H3/t26-,27+,28+,32?,33-,35?,36-,38-,39+,42-,43+,44-/m1/s1. The maximum Gasteiger partial charge on any atom is 0.411 e. The van der Waals surface area contributed by atoms with Crippen LogP contribution in [0.4, 0.5) is 14.9 Å². The predicted molar refractivity (Wildman–Crippen MR) is 224 cm³/mol. The number of likely N-dealkylation sites (N-methyl/N-ethyl adjacent to an activating group) is 1. The number of fused-ring (bicyclic) bond motifs is 1.